The van der Waals surface area contributed by atoms with Gasteiger partial charge in [0.25, 0.3) is 0 Å². The number of aromatic nitrogens is 3. The van der Waals surface area contributed by atoms with E-state index in [1.807, 2.05) is 59.0 Å². The number of nitrogens with one attached hydrogen (secondary N) is 2. The first-order valence-corrected chi connectivity index (χ1v) is 13.0. The monoisotopic (exact) mass is 528 g/mol. The number of nitrogens with zero attached hydrogens (tertiary/aromatic N) is 4. The molecular formula is C29H32N6O4. The van der Waals surface area contributed by atoms with E-state index < -0.39 is 0 Å². The summed E-state index contributed by atoms with van der Waals surface area (Å²) in [6, 6.07) is 17.0. The van der Waals surface area contributed by atoms with Crippen molar-refractivity contribution in [1.82, 2.24) is 19.7 Å². The highest BCUT2D eigenvalue weighted by atomic mass is 16.5. The van der Waals surface area contributed by atoms with Gasteiger partial charge in [-0.05, 0) is 54.4 Å². The van der Waals surface area contributed by atoms with E-state index in [1.165, 1.54) is 7.11 Å². The molecule has 202 valence electrons. The number of hydrogen-bond donors (Lipinski definition) is 2. The van der Waals surface area contributed by atoms with Crippen molar-refractivity contribution in [3.05, 3.63) is 71.9 Å². The summed E-state index contributed by atoms with van der Waals surface area (Å²) in [5.41, 5.74) is 3.90. The van der Waals surface area contributed by atoms with E-state index in [4.69, 9.17) is 14.6 Å². The summed E-state index contributed by atoms with van der Waals surface area (Å²) in [6.45, 7) is 3.78. The summed E-state index contributed by atoms with van der Waals surface area (Å²) in [7, 11) is 3.01. The molecule has 5 rings (SSSR count). The number of hydrogen-bond acceptors (Lipinski definition) is 8. The zero-order valence-electron chi connectivity index (χ0n) is 22.3. The molecule has 1 fully saturated rings. The minimum absolute atomic E-state index is 0.0837. The molecule has 10 heteroatoms. The number of ether oxygens (including phenoxy) is 2. The lowest BCUT2D eigenvalue weighted by Crippen LogP contribution is -2.31. The Labute approximate surface area is 226 Å². The number of benzene rings is 2. The van der Waals surface area contributed by atoms with E-state index >= 15 is 0 Å². The van der Waals surface area contributed by atoms with Crippen molar-refractivity contribution >= 4 is 40.1 Å². The molecule has 0 aliphatic carbocycles. The Morgan fingerprint density at radius 1 is 1.05 bits per heavy atom. The van der Waals surface area contributed by atoms with Crippen molar-refractivity contribution in [1.29, 1.82) is 0 Å². The average Bonchev–Trinajstić information content (AvgIpc) is 3.58. The van der Waals surface area contributed by atoms with Crippen molar-refractivity contribution in [3.8, 4) is 5.75 Å². The molecule has 2 N–H and O–H groups in total. The molecule has 1 amide bonds. The maximum absolute atomic E-state index is 12.2. The normalized spacial score (nSPS) is 14.8. The van der Waals surface area contributed by atoms with E-state index in [-0.39, 0.29) is 17.9 Å². The Bertz CT molecular complexity index is 1470. The van der Waals surface area contributed by atoms with Gasteiger partial charge in [0, 0.05) is 37.4 Å². The number of esters is 1. The van der Waals surface area contributed by atoms with Crippen molar-refractivity contribution in [2.45, 2.75) is 32.4 Å². The number of pyridine rings is 1. The number of anilines is 3. The lowest BCUT2D eigenvalue weighted by molar-refractivity contribution is -0.129. The third-order valence-electron chi connectivity index (χ3n) is 6.89. The largest absolute Gasteiger partial charge is 0.497 e. The highest BCUT2D eigenvalue weighted by Gasteiger charge is 2.27. The first-order valence-electron chi connectivity index (χ1n) is 13.0. The molecule has 0 radical (unpaired) electrons. The van der Waals surface area contributed by atoms with Crippen LogP contribution in [0, 0.1) is 0 Å². The predicted octanol–water partition coefficient (Wildman–Crippen LogP) is 4.44. The first kappa shape index (κ1) is 26.0. The van der Waals surface area contributed by atoms with E-state index in [0.29, 0.717) is 30.9 Å². The highest BCUT2D eigenvalue weighted by molar-refractivity contribution is 6.00. The molecule has 1 unspecified atom stereocenters. The van der Waals surface area contributed by atoms with Gasteiger partial charge in [-0.3, -0.25) is 4.79 Å². The summed E-state index contributed by atoms with van der Waals surface area (Å²) >= 11 is 0. The van der Waals surface area contributed by atoms with E-state index in [0.717, 1.165) is 46.7 Å². The molecule has 0 saturated carbocycles. The first-order chi connectivity index (χ1) is 19.0. The summed E-state index contributed by atoms with van der Waals surface area (Å²) in [5.74, 6) is 1.28. The SMILES string of the molecule is CCC(=O)N1CCC(Nc2nn(Cc3ccc(OC)cc3)c3nccc(Nc4ccc(C(=O)OC)cc4)c23)C1. The third-order valence-corrected chi connectivity index (χ3v) is 6.89. The maximum atomic E-state index is 12.2. The summed E-state index contributed by atoms with van der Waals surface area (Å²) in [5, 5.41) is 12.8. The highest BCUT2D eigenvalue weighted by Crippen LogP contribution is 2.33. The fraction of sp³-hybridized carbons (Fsp3) is 0.310. The summed E-state index contributed by atoms with van der Waals surface area (Å²) < 4.78 is 12.0. The Balaban J connectivity index is 1.48. The van der Waals surface area contributed by atoms with Crippen LogP contribution in [0.3, 0.4) is 0 Å². The number of amides is 1. The predicted molar refractivity (Wildman–Crippen MR) is 150 cm³/mol. The van der Waals surface area contributed by atoms with Gasteiger partial charge in [-0.2, -0.15) is 5.10 Å². The molecule has 0 spiro atoms. The van der Waals surface area contributed by atoms with E-state index in [9.17, 15) is 9.59 Å². The molecular weight excluding hydrogens is 496 g/mol. The average molecular weight is 529 g/mol. The minimum Gasteiger partial charge on any atom is -0.497 e. The Hall–Kier alpha value is -4.60. The molecule has 10 nitrogen and oxygen atoms in total. The quantitative estimate of drug-likeness (QED) is 0.307. The number of fused-ring (bicyclic) bond motifs is 1. The Morgan fingerprint density at radius 2 is 1.82 bits per heavy atom. The summed E-state index contributed by atoms with van der Waals surface area (Å²) in [6.07, 6.45) is 3.09. The number of carbonyl (C=O) groups is 2. The fourth-order valence-corrected chi connectivity index (χ4v) is 4.80. The molecule has 0 bridgehead atoms. The van der Waals surface area contributed by atoms with Gasteiger partial charge in [-0.15, -0.1) is 0 Å². The number of rotatable bonds is 9. The van der Waals surface area contributed by atoms with Crippen LogP contribution in [-0.2, 0) is 16.1 Å². The lowest BCUT2D eigenvalue weighted by atomic mass is 10.2. The van der Waals surface area contributed by atoms with Gasteiger partial charge in [-0.25, -0.2) is 14.5 Å². The van der Waals surface area contributed by atoms with Crippen LogP contribution in [0.4, 0.5) is 17.2 Å². The van der Waals surface area contributed by atoms with Crippen LogP contribution in [0.5, 0.6) is 5.75 Å². The molecule has 39 heavy (non-hydrogen) atoms. The van der Waals surface area contributed by atoms with Gasteiger partial charge in [0.15, 0.2) is 11.5 Å². The molecule has 1 aliphatic rings. The summed E-state index contributed by atoms with van der Waals surface area (Å²) in [4.78, 5) is 30.7. The topological polar surface area (TPSA) is 111 Å². The fourth-order valence-electron chi connectivity index (χ4n) is 4.80. The standard InChI is InChI=1S/C29H32N6O4/c1-4-25(36)34-16-14-22(18-34)32-27-26-24(31-21-9-7-20(8-10-21)29(37)39-3)13-15-30-28(26)35(33-27)17-19-5-11-23(38-2)12-6-19/h5-13,15,22H,4,14,16-18H2,1-3H3,(H,30,31)(H,32,33). The van der Waals surface area contributed by atoms with Crippen molar-refractivity contribution in [3.63, 3.8) is 0 Å². The molecule has 3 heterocycles. The molecule has 4 aromatic rings. The van der Waals surface area contributed by atoms with E-state index in [1.54, 1.807) is 25.4 Å². The van der Waals surface area contributed by atoms with Gasteiger partial charge in [0.1, 0.15) is 5.75 Å². The second-order valence-electron chi connectivity index (χ2n) is 9.43. The number of methoxy groups -OCH3 is 2. The van der Waals surface area contributed by atoms with Crippen LogP contribution in [-0.4, -0.2) is 64.9 Å². The second-order valence-corrected chi connectivity index (χ2v) is 9.43. The van der Waals surface area contributed by atoms with Crippen LogP contribution in [0.25, 0.3) is 11.0 Å². The molecule has 2 aromatic heterocycles. The third kappa shape index (κ3) is 5.64. The van der Waals surface area contributed by atoms with Crippen molar-refractivity contribution < 1.29 is 19.1 Å². The minimum atomic E-state index is -0.383. The smallest absolute Gasteiger partial charge is 0.337 e. The molecule has 1 aliphatic heterocycles. The van der Waals surface area contributed by atoms with Crippen LogP contribution in [0.2, 0.25) is 0 Å². The Morgan fingerprint density at radius 3 is 2.51 bits per heavy atom. The Kier molecular flexibility index (Phi) is 7.62. The lowest BCUT2D eigenvalue weighted by Gasteiger charge is -2.16. The zero-order valence-corrected chi connectivity index (χ0v) is 22.3. The maximum Gasteiger partial charge on any atom is 0.337 e. The van der Waals surface area contributed by atoms with Gasteiger partial charge in [-0.1, -0.05) is 19.1 Å². The van der Waals surface area contributed by atoms with Crippen molar-refractivity contribution in [2.24, 2.45) is 0 Å². The van der Waals surface area contributed by atoms with E-state index in [2.05, 4.69) is 15.6 Å². The molecule has 2 aromatic carbocycles. The molecule has 1 atom stereocenters. The van der Waals surface area contributed by atoms with Crippen LogP contribution < -0.4 is 15.4 Å². The van der Waals surface area contributed by atoms with Crippen LogP contribution >= 0.6 is 0 Å². The van der Waals surface area contributed by atoms with Gasteiger partial charge >= 0.3 is 5.97 Å². The van der Waals surface area contributed by atoms with Gasteiger partial charge < -0.3 is 25.0 Å². The van der Waals surface area contributed by atoms with Crippen LogP contribution in [0.1, 0.15) is 35.7 Å². The zero-order chi connectivity index (χ0) is 27.4. The van der Waals surface area contributed by atoms with Crippen molar-refractivity contribution in [2.75, 3.05) is 37.9 Å². The number of carbonyl (C=O) groups excluding carboxylic acids is 2. The van der Waals surface area contributed by atoms with Crippen LogP contribution in [0.15, 0.2) is 60.8 Å². The van der Waals surface area contributed by atoms with Gasteiger partial charge in [0.2, 0.25) is 5.91 Å². The number of likely N-dealkylation sites (tertiary alicyclic amines) is 1. The molecule has 1 saturated heterocycles. The van der Waals surface area contributed by atoms with Gasteiger partial charge in [0.05, 0.1) is 37.4 Å². The second kappa shape index (κ2) is 11.4.